The zero-order valence-corrected chi connectivity index (χ0v) is 11.7. The summed E-state index contributed by atoms with van der Waals surface area (Å²) in [6.45, 7) is 6.58. The van der Waals surface area contributed by atoms with E-state index in [-0.39, 0.29) is 0 Å². The van der Waals surface area contributed by atoms with Gasteiger partial charge in [-0.2, -0.15) is 0 Å². The number of nitrogens with zero attached hydrogens (tertiary/aromatic N) is 3. The quantitative estimate of drug-likeness (QED) is 0.779. The topological polar surface area (TPSA) is 66.0 Å². The maximum Gasteiger partial charge on any atom is 0.202 e. The largest absolute Gasteiger partial charge is 0.381 e. The maximum atomic E-state index is 5.96. The molecule has 0 saturated heterocycles. The van der Waals surface area contributed by atoms with E-state index in [1.54, 1.807) is 6.20 Å². The zero-order chi connectivity index (χ0) is 13.7. The predicted molar refractivity (Wildman–Crippen MR) is 77.0 cm³/mol. The molecule has 5 nitrogen and oxygen atoms in total. The van der Waals surface area contributed by atoms with Crippen LogP contribution < -0.4 is 5.73 Å². The Labute approximate surface area is 113 Å². The van der Waals surface area contributed by atoms with Crippen molar-refractivity contribution < 1.29 is 4.74 Å². The summed E-state index contributed by atoms with van der Waals surface area (Å²) in [5, 5.41) is 0. The summed E-state index contributed by atoms with van der Waals surface area (Å²) in [6, 6.07) is 1.95. The molecule has 0 radical (unpaired) electrons. The van der Waals surface area contributed by atoms with E-state index in [1.807, 2.05) is 17.6 Å². The fourth-order valence-electron chi connectivity index (χ4n) is 2.05. The van der Waals surface area contributed by atoms with Gasteiger partial charge >= 0.3 is 0 Å². The Morgan fingerprint density at radius 2 is 2.11 bits per heavy atom. The second-order valence-electron chi connectivity index (χ2n) is 4.74. The number of nitrogens with two attached hydrogens (primary N) is 1. The summed E-state index contributed by atoms with van der Waals surface area (Å²) in [4.78, 5) is 8.75. The lowest BCUT2D eigenvalue weighted by Gasteiger charge is -2.06. The number of unbranched alkanes of at least 4 members (excludes halogenated alkanes) is 1. The van der Waals surface area contributed by atoms with E-state index in [9.17, 15) is 0 Å². The van der Waals surface area contributed by atoms with Crippen molar-refractivity contribution in [3.05, 3.63) is 17.8 Å². The van der Waals surface area contributed by atoms with Crippen LogP contribution in [0.4, 0.5) is 5.95 Å². The molecule has 0 spiro atoms. The molecule has 2 N–H and O–H groups in total. The average Bonchev–Trinajstić information content (AvgIpc) is 2.72. The second kappa shape index (κ2) is 6.52. The number of aryl methyl sites for hydroxylation is 2. The Morgan fingerprint density at radius 1 is 1.32 bits per heavy atom. The highest BCUT2D eigenvalue weighted by atomic mass is 16.5. The molecule has 0 aromatic carbocycles. The highest BCUT2D eigenvalue weighted by molar-refractivity contribution is 5.77. The molecule has 0 fully saturated rings. The molecule has 2 heterocycles. The molecule has 0 aliphatic rings. The Balaban J connectivity index is 1.97. The molecular formula is C14H22N4O. The Kier molecular flexibility index (Phi) is 4.74. The first-order valence-electron chi connectivity index (χ1n) is 6.89. The van der Waals surface area contributed by atoms with Gasteiger partial charge < -0.3 is 10.5 Å². The lowest BCUT2D eigenvalue weighted by molar-refractivity contribution is 0.126. The van der Waals surface area contributed by atoms with Crippen molar-refractivity contribution in [2.75, 3.05) is 18.9 Å². The highest BCUT2D eigenvalue weighted by Crippen LogP contribution is 2.18. The van der Waals surface area contributed by atoms with E-state index in [0.29, 0.717) is 5.95 Å². The number of rotatable bonds is 7. The molecule has 2 aromatic heterocycles. The van der Waals surface area contributed by atoms with E-state index in [0.717, 1.165) is 49.3 Å². The van der Waals surface area contributed by atoms with Crippen molar-refractivity contribution in [1.29, 1.82) is 0 Å². The summed E-state index contributed by atoms with van der Waals surface area (Å²) in [5.41, 5.74) is 8.82. The van der Waals surface area contributed by atoms with Crippen LogP contribution in [0.1, 0.15) is 31.7 Å². The van der Waals surface area contributed by atoms with Crippen LogP contribution in [-0.2, 0) is 11.3 Å². The van der Waals surface area contributed by atoms with Gasteiger partial charge in [0.15, 0.2) is 5.65 Å². The lowest BCUT2D eigenvalue weighted by Crippen LogP contribution is -2.07. The third-order valence-corrected chi connectivity index (χ3v) is 3.18. The molecule has 0 amide bonds. The standard InChI is InChI=1S/C14H22N4O/c1-3-4-9-19-10-5-8-18-13-12(17-14(18)15)11(2)6-7-16-13/h6-7H,3-5,8-10H2,1-2H3,(H2,15,17). The van der Waals surface area contributed by atoms with Crippen LogP contribution in [0, 0.1) is 6.92 Å². The minimum Gasteiger partial charge on any atom is -0.381 e. The van der Waals surface area contributed by atoms with Crippen LogP contribution >= 0.6 is 0 Å². The highest BCUT2D eigenvalue weighted by Gasteiger charge is 2.10. The summed E-state index contributed by atoms with van der Waals surface area (Å²) in [5.74, 6) is 0.533. The minimum absolute atomic E-state index is 0.533. The predicted octanol–water partition coefficient (Wildman–Crippen LogP) is 2.53. The molecule has 0 saturated carbocycles. The van der Waals surface area contributed by atoms with Crippen molar-refractivity contribution >= 4 is 17.1 Å². The molecule has 0 unspecified atom stereocenters. The van der Waals surface area contributed by atoms with Gasteiger partial charge in [-0.05, 0) is 31.4 Å². The normalized spacial score (nSPS) is 11.3. The van der Waals surface area contributed by atoms with Gasteiger partial charge in [0.05, 0.1) is 0 Å². The number of fused-ring (bicyclic) bond motifs is 1. The number of pyridine rings is 1. The Hall–Kier alpha value is -1.62. The van der Waals surface area contributed by atoms with Crippen LogP contribution in [0.5, 0.6) is 0 Å². The van der Waals surface area contributed by atoms with Gasteiger partial charge in [0.2, 0.25) is 5.95 Å². The van der Waals surface area contributed by atoms with Crippen molar-refractivity contribution in [3.63, 3.8) is 0 Å². The Morgan fingerprint density at radius 3 is 2.89 bits per heavy atom. The first kappa shape index (κ1) is 13.8. The number of nitrogen functional groups attached to an aromatic ring is 1. The van der Waals surface area contributed by atoms with Gasteiger partial charge in [0.1, 0.15) is 5.52 Å². The fraction of sp³-hybridized carbons (Fsp3) is 0.571. The fourth-order valence-corrected chi connectivity index (χ4v) is 2.05. The van der Waals surface area contributed by atoms with Gasteiger partial charge in [-0.1, -0.05) is 13.3 Å². The van der Waals surface area contributed by atoms with E-state index in [4.69, 9.17) is 10.5 Å². The number of aromatic nitrogens is 3. The van der Waals surface area contributed by atoms with Crippen LogP contribution in [0.15, 0.2) is 12.3 Å². The van der Waals surface area contributed by atoms with Crippen molar-refractivity contribution in [1.82, 2.24) is 14.5 Å². The third kappa shape index (κ3) is 3.23. The lowest BCUT2D eigenvalue weighted by atomic mass is 10.3. The number of anilines is 1. The first-order valence-corrected chi connectivity index (χ1v) is 6.89. The van der Waals surface area contributed by atoms with Crippen molar-refractivity contribution in [2.24, 2.45) is 0 Å². The van der Waals surface area contributed by atoms with Gasteiger partial charge in [-0.3, -0.25) is 4.57 Å². The number of imidazole rings is 1. The smallest absolute Gasteiger partial charge is 0.202 e. The summed E-state index contributed by atoms with van der Waals surface area (Å²) in [7, 11) is 0. The minimum atomic E-state index is 0.533. The first-order chi connectivity index (χ1) is 9.24. The van der Waals surface area contributed by atoms with Gasteiger partial charge in [0, 0.05) is 26.0 Å². The molecule has 0 bridgehead atoms. The van der Waals surface area contributed by atoms with Crippen LogP contribution in [0.2, 0.25) is 0 Å². The molecule has 2 aromatic rings. The third-order valence-electron chi connectivity index (χ3n) is 3.18. The molecule has 104 valence electrons. The number of ether oxygens (including phenoxy) is 1. The second-order valence-corrected chi connectivity index (χ2v) is 4.74. The SMILES string of the molecule is CCCCOCCCn1c(N)nc2c(C)ccnc21. The average molecular weight is 262 g/mol. The van der Waals surface area contributed by atoms with E-state index < -0.39 is 0 Å². The van der Waals surface area contributed by atoms with Gasteiger partial charge in [0.25, 0.3) is 0 Å². The van der Waals surface area contributed by atoms with Crippen molar-refractivity contribution in [3.8, 4) is 0 Å². The van der Waals surface area contributed by atoms with Crippen LogP contribution in [-0.4, -0.2) is 27.7 Å². The Bertz CT molecular complexity index is 535. The van der Waals surface area contributed by atoms with Crippen LogP contribution in [0.3, 0.4) is 0 Å². The summed E-state index contributed by atoms with van der Waals surface area (Å²) in [6.07, 6.45) is 5.02. The molecule has 5 heteroatoms. The summed E-state index contributed by atoms with van der Waals surface area (Å²) < 4.78 is 7.52. The monoisotopic (exact) mass is 262 g/mol. The molecule has 2 rings (SSSR count). The van der Waals surface area contributed by atoms with Gasteiger partial charge in [-0.25, -0.2) is 9.97 Å². The summed E-state index contributed by atoms with van der Waals surface area (Å²) >= 11 is 0. The number of hydrogen-bond acceptors (Lipinski definition) is 4. The number of hydrogen-bond donors (Lipinski definition) is 1. The molecule has 0 aliphatic heterocycles. The molecule has 0 atom stereocenters. The van der Waals surface area contributed by atoms with Crippen LogP contribution in [0.25, 0.3) is 11.2 Å². The molecular weight excluding hydrogens is 240 g/mol. The maximum absolute atomic E-state index is 5.96. The molecule has 19 heavy (non-hydrogen) atoms. The van der Waals surface area contributed by atoms with E-state index in [1.165, 1.54) is 6.42 Å². The molecule has 0 aliphatic carbocycles. The van der Waals surface area contributed by atoms with Gasteiger partial charge in [-0.15, -0.1) is 0 Å². The van der Waals surface area contributed by atoms with E-state index >= 15 is 0 Å². The van der Waals surface area contributed by atoms with E-state index in [2.05, 4.69) is 16.9 Å². The zero-order valence-electron chi connectivity index (χ0n) is 11.7. The van der Waals surface area contributed by atoms with Crippen molar-refractivity contribution in [2.45, 2.75) is 39.7 Å².